The summed E-state index contributed by atoms with van der Waals surface area (Å²) in [5.41, 5.74) is 1.33. The number of anilines is 1. The van der Waals surface area contributed by atoms with Crippen molar-refractivity contribution in [3.8, 4) is 11.5 Å². The number of nitrogens with zero attached hydrogens (tertiary/aromatic N) is 2. The number of methoxy groups -OCH3 is 2. The van der Waals surface area contributed by atoms with Crippen molar-refractivity contribution >= 4 is 21.8 Å². The quantitative estimate of drug-likeness (QED) is 0.743. The number of benzene rings is 2. The molecule has 3 rings (SSSR count). The number of hydrogen-bond donors (Lipinski definition) is 1. The molecule has 0 radical (unpaired) electrons. The van der Waals surface area contributed by atoms with Crippen LogP contribution in [0.15, 0.2) is 48.5 Å². The van der Waals surface area contributed by atoms with Gasteiger partial charge in [0.05, 0.1) is 26.5 Å². The average molecular weight is 420 g/mol. The fraction of sp³-hybridized carbons (Fsp3) is 0.350. The average Bonchev–Trinajstić information content (AvgIpc) is 2.71. The molecular weight excluding hydrogens is 394 g/mol. The van der Waals surface area contributed by atoms with Crippen molar-refractivity contribution in [3.63, 3.8) is 0 Å². The molecule has 1 heterocycles. The summed E-state index contributed by atoms with van der Waals surface area (Å²) in [5.74, 6) is 0.772. The highest BCUT2D eigenvalue weighted by molar-refractivity contribution is 7.86. The van der Waals surface area contributed by atoms with Gasteiger partial charge in [0.2, 0.25) is 5.91 Å². The van der Waals surface area contributed by atoms with E-state index in [9.17, 15) is 13.2 Å². The van der Waals surface area contributed by atoms with Gasteiger partial charge in [-0.2, -0.15) is 17.0 Å². The van der Waals surface area contributed by atoms with Gasteiger partial charge in [-0.15, -0.1) is 0 Å². The normalized spacial score (nSPS) is 16.9. The fourth-order valence-corrected chi connectivity index (χ4v) is 4.85. The molecule has 0 bridgehead atoms. The predicted octanol–water partition coefficient (Wildman–Crippen LogP) is 2.09. The molecule has 1 fully saturated rings. The number of nitrogens with one attached hydrogen (secondary N) is 1. The summed E-state index contributed by atoms with van der Waals surface area (Å²) >= 11 is 0. The first kappa shape index (κ1) is 21.1. The van der Waals surface area contributed by atoms with Crippen LogP contribution < -0.4 is 14.8 Å². The van der Waals surface area contributed by atoms with Crippen molar-refractivity contribution in [2.24, 2.45) is 0 Å². The molecule has 1 aliphatic rings. The summed E-state index contributed by atoms with van der Waals surface area (Å²) in [6.07, 6.45) is 0.644. The third-order valence-electron chi connectivity index (χ3n) is 4.66. The SMILES string of the molecule is COc1cccc(CN2CCCN(CC(=O)Nc3ccccc3OC)S2(=O)=O)c1. The molecule has 0 atom stereocenters. The smallest absolute Gasteiger partial charge is 0.282 e. The Kier molecular flexibility index (Phi) is 6.73. The number of para-hydroxylation sites is 2. The van der Waals surface area contributed by atoms with E-state index in [1.54, 1.807) is 31.4 Å². The summed E-state index contributed by atoms with van der Waals surface area (Å²) in [5, 5.41) is 2.72. The van der Waals surface area contributed by atoms with Crippen molar-refractivity contribution in [2.75, 3.05) is 39.2 Å². The Morgan fingerprint density at radius 2 is 1.79 bits per heavy atom. The minimum absolute atomic E-state index is 0.226. The molecule has 8 nitrogen and oxygen atoms in total. The molecule has 0 spiro atoms. The standard InChI is InChI=1S/C20H25N3O5S/c1-27-17-8-5-7-16(13-17)14-22-11-6-12-23(29(22,25)26)15-20(24)21-18-9-3-4-10-19(18)28-2/h3-5,7-10,13H,6,11-12,14-15H2,1-2H3,(H,21,24). The summed E-state index contributed by atoms with van der Waals surface area (Å²) in [6, 6.07) is 14.3. The predicted molar refractivity (Wildman–Crippen MR) is 110 cm³/mol. The Morgan fingerprint density at radius 1 is 1.03 bits per heavy atom. The number of carbonyl (C=O) groups excluding carboxylic acids is 1. The van der Waals surface area contributed by atoms with Crippen LogP contribution in [0.3, 0.4) is 0 Å². The Hall–Kier alpha value is -2.62. The molecule has 1 aliphatic heterocycles. The molecule has 0 saturated carbocycles. The van der Waals surface area contributed by atoms with Crippen molar-refractivity contribution in [1.82, 2.24) is 8.61 Å². The van der Waals surface area contributed by atoms with E-state index in [1.807, 2.05) is 24.3 Å². The van der Waals surface area contributed by atoms with Crippen LogP contribution in [0, 0.1) is 0 Å². The van der Waals surface area contributed by atoms with E-state index < -0.39 is 16.1 Å². The zero-order valence-corrected chi connectivity index (χ0v) is 17.3. The number of rotatable bonds is 7. The maximum atomic E-state index is 13.0. The number of carbonyl (C=O) groups is 1. The third-order valence-corrected chi connectivity index (χ3v) is 6.59. The lowest BCUT2D eigenvalue weighted by Gasteiger charge is -2.34. The van der Waals surface area contributed by atoms with Crippen molar-refractivity contribution < 1.29 is 22.7 Å². The number of amides is 1. The molecule has 1 saturated heterocycles. The van der Waals surface area contributed by atoms with Gasteiger partial charge in [-0.05, 0) is 36.2 Å². The van der Waals surface area contributed by atoms with E-state index in [1.165, 1.54) is 15.7 Å². The first-order chi connectivity index (χ1) is 13.9. The number of ether oxygens (including phenoxy) is 2. The second-order valence-corrected chi connectivity index (χ2v) is 8.56. The Balaban J connectivity index is 1.68. The minimum atomic E-state index is -3.75. The zero-order chi connectivity index (χ0) is 20.9. The van der Waals surface area contributed by atoms with E-state index >= 15 is 0 Å². The van der Waals surface area contributed by atoms with E-state index in [4.69, 9.17) is 9.47 Å². The van der Waals surface area contributed by atoms with E-state index in [2.05, 4.69) is 5.32 Å². The summed E-state index contributed by atoms with van der Waals surface area (Å²) in [6.45, 7) is 0.680. The van der Waals surface area contributed by atoms with Gasteiger partial charge in [-0.1, -0.05) is 24.3 Å². The zero-order valence-electron chi connectivity index (χ0n) is 16.5. The Bertz CT molecular complexity index is 964. The summed E-state index contributed by atoms with van der Waals surface area (Å²) in [4.78, 5) is 12.5. The van der Waals surface area contributed by atoms with Crippen LogP contribution in [-0.4, -0.2) is 56.8 Å². The van der Waals surface area contributed by atoms with Crippen LogP contribution in [0.25, 0.3) is 0 Å². The van der Waals surface area contributed by atoms with Gasteiger partial charge in [0, 0.05) is 19.6 Å². The number of hydrogen-bond acceptors (Lipinski definition) is 5. The maximum Gasteiger partial charge on any atom is 0.282 e. The van der Waals surface area contributed by atoms with Crippen LogP contribution in [0.5, 0.6) is 11.5 Å². The molecule has 0 aromatic heterocycles. The van der Waals surface area contributed by atoms with Gasteiger partial charge in [0.25, 0.3) is 10.2 Å². The molecule has 0 aliphatic carbocycles. The molecule has 2 aromatic carbocycles. The molecule has 156 valence electrons. The van der Waals surface area contributed by atoms with Gasteiger partial charge >= 0.3 is 0 Å². The van der Waals surface area contributed by atoms with Crippen molar-refractivity contribution in [2.45, 2.75) is 13.0 Å². The molecule has 9 heteroatoms. The summed E-state index contributed by atoms with van der Waals surface area (Å²) < 4.78 is 39.0. The second-order valence-electron chi connectivity index (χ2n) is 6.63. The monoisotopic (exact) mass is 419 g/mol. The topological polar surface area (TPSA) is 88.2 Å². The van der Waals surface area contributed by atoms with Gasteiger partial charge in [-0.3, -0.25) is 4.79 Å². The van der Waals surface area contributed by atoms with Gasteiger partial charge < -0.3 is 14.8 Å². The van der Waals surface area contributed by atoms with E-state index in [0.29, 0.717) is 36.7 Å². The lowest BCUT2D eigenvalue weighted by Crippen LogP contribution is -2.51. The largest absolute Gasteiger partial charge is 0.497 e. The lowest BCUT2D eigenvalue weighted by molar-refractivity contribution is -0.116. The van der Waals surface area contributed by atoms with Crippen LogP contribution in [0.2, 0.25) is 0 Å². The van der Waals surface area contributed by atoms with Crippen LogP contribution in [-0.2, 0) is 21.5 Å². The minimum Gasteiger partial charge on any atom is -0.497 e. The molecule has 1 amide bonds. The van der Waals surface area contributed by atoms with Crippen LogP contribution in [0.1, 0.15) is 12.0 Å². The highest BCUT2D eigenvalue weighted by Gasteiger charge is 2.34. The lowest BCUT2D eigenvalue weighted by atomic mass is 10.2. The fourth-order valence-electron chi connectivity index (χ4n) is 3.21. The van der Waals surface area contributed by atoms with E-state index in [-0.39, 0.29) is 13.1 Å². The van der Waals surface area contributed by atoms with Gasteiger partial charge in [0.1, 0.15) is 11.5 Å². The molecule has 2 aromatic rings. The maximum absolute atomic E-state index is 13.0. The van der Waals surface area contributed by atoms with Crippen LogP contribution >= 0.6 is 0 Å². The first-order valence-electron chi connectivity index (χ1n) is 9.25. The Labute approximate surface area is 171 Å². The van der Waals surface area contributed by atoms with Crippen molar-refractivity contribution in [1.29, 1.82) is 0 Å². The molecular formula is C20H25N3O5S. The van der Waals surface area contributed by atoms with Crippen molar-refractivity contribution in [3.05, 3.63) is 54.1 Å². The molecule has 1 N–H and O–H groups in total. The van der Waals surface area contributed by atoms with Crippen LogP contribution in [0.4, 0.5) is 5.69 Å². The second kappa shape index (κ2) is 9.25. The first-order valence-corrected chi connectivity index (χ1v) is 10.6. The van der Waals surface area contributed by atoms with Gasteiger partial charge in [-0.25, -0.2) is 0 Å². The van der Waals surface area contributed by atoms with E-state index in [0.717, 1.165) is 5.56 Å². The molecule has 29 heavy (non-hydrogen) atoms. The Morgan fingerprint density at radius 3 is 2.55 bits per heavy atom. The summed E-state index contributed by atoms with van der Waals surface area (Å²) in [7, 11) is -0.673. The highest BCUT2D eigenvalue weighted by atomic mass is 32.2. The van der Waals surface area contributed by atoms with Gasteiger partial charge in [0.15, 0.2) is 0 Å². The molecule has 0 unspecified atom stereocenters. The highest BCUT2D eigenvalue weighted by Crippen LogP contribution is 2.24. The third kappa shape index (κ3) is 5.06.